The fourth-order valence-electron chi connectivity index (χ4n) is 1.96. The van der Waals surface area contributed by atoms with Crippen LogP contribution >= 0.6 is 11.6 Å². The zero-order valence-corrected chi connectivity index (χ0v) is 13.8. The number of methoxy groups -OCH3 is 1. The van der Waals surface area contributed by atoms with E-state index in [0.717, 1.165) is 5.56 Å². The van der Waals surface area contributed by atoms with E-state index in [2.05, 4.69) is 5.32 Å². The smallest absolute Gasteiger partial charge is 0.340 e. The van der Waals surface area contributed by atoms with E-state index in [1.807, 2.05) is 18.2 Å². The quantitative estimate of drug-likeness (QED) is 0.618. The molecule has 126 valence electrons. The SMILES string of the molecule is COc1cccc(CNC(=O)COC(=O)c2ccc(Cl)cc2N)c1. The number of hydrogen-bond acceptors (Lipinski definition) is 5. The van der Waals surface area contributed by atoms with Gasteiger partial charge in [0, 0.05) is 17.3 Å². The van der Waals surface area contributed by atoms with Crippen LogP contribution in [-0.4, -0.2) is 25.6 Å². The zero-order chi connectivity index (χ0) is 17.5. The standard InChI is InChI=1S/C17H17ClN2O4/c1-23-13-4-2-3-11(7-13)9-20-16(21)10-24-17(22)14-6-5-12(18)8-15(14)19/h2-8H,9-10,19H2,1H3,(H,20,21). The van der Waals surface area contributed by atoms with Crippen LogP contribution in [0.3, 0.4) is 0 Å². The molecule has 0 heterocycles. The molecule has 0 saturated carbocycles. The highest BCUT2D eigenvalue weighted by Gasteiger charge is 2.13. The second-order valence-corrected chi connectivity index (χ2v) is 5.37. The number of benzene rings is 2. The van der Waals surface area contributed by atoms with Gasteiger partial charge in [-0.2, -0.15) is 0 Å². The number of esters is 1. The molecule has 0 aliphatic rings. The average Bonchev–Trinajstić information content (AvgIpc) is 2.58. The van der Waals surface area contributed by atoms with E-state index < -0.39 is 18.5 Å². The van der Waals surface area contributed by atoms with Gasteiger partial charge in [0.25, 0.3) is 5.91 Å². The summed E-state index contributed by atoms with van der Waals surface area (Å²) in [4.78, 5) is 23.7. The number of rotatable bonds is 6. The maximum Gasteiger partial charge on any atom is 0.340 e. The van der Waals surface area contributed by atoms with Crippen LogP contribution in [0.25, 0.3) is 0 Å². The van der Waals surface area contributed by atoms with E-state index >= 15 is 0 Å². The monoisotopic (exact) mass is 348 g/mol. The molecule has 3 N–H and O–H groups in total. The maximum atomic E-state index is 11.9. The van der Waals surface area contributed by atoms with Gasteiger partial charge in [0.05, 0.1) is 12.7 Å². The van der Waals surface area contributed by atoms with E-state index in [4.69, 9.17) is 26.8 Å². The lowest BCUT2D eigenvalue weighted by Gasteiger charge is -2.09. The number of carbonyl (C=O) groups excluding carboxylic acids is 2. The lowest BCUT2D eigenvalue weighted by molar-refractivity contribution is -0.124. The molecule has 1 amide bonds. The van der Waals surface area contributed by atoms with E-state index in [9.17, 15) is 9.59 Å². The molecule has 0 aliphatic carbocycles. The van der Waals surface area contributed by atoms with Gasteiger partial charge in [0.1, 0.15) is 5.75 Å². The summed E-state index contributed by atoms with van der Waals surface area (Å²) < 4.78 is 10.1. The Balaban J connectivity index is 1.83. The van der Waals surface area contributed by atoms with Gasteiger partial charge in [-0.05, 0) is 35.9 Å². The van der Waals surface area contributed by atoms with Crippen molar-refractivity contribution in [3.8, 4) is 5.75 Å². The van der Waals surface area contributed by atoms with Crippen LogP contribution in [0.4, 0.5) is 5.69 Å². The number of nitrogens with two attached hydrogens (primary N) is 1. The molecule has 6 nitrogen and oxygen atoms in total. The second kappa shape index (κ2) is 8.21. The minimum atomic E-state index is -0.680. The second-order valence-electron chi connectivity index (χ2n) is 4.94. The molecule has 7 heteroatoms. The molecule has 0 bridgehead atoms. The highest BCUT2D eigenvalue weighted by atomic mass is 35.5. The molecule has 0 saturated heterocycles. The molecule has 24 heavy (non-hydrogen) atoms. The summed E-state index contributed by atoms with van der Waals surface area (Å²) in [5, 5.41) is 3.07. The van der Waals surface area contributed by atoms with Crippen LogP contribution in [0.1, 0.15) is 15.9 Å². The summed E-state index contributed by atoms with van der Waals surface area (Å²) in [5.74, 6) is -0.397. The first-order valence-corrected chi connectivity index (χ1v) is 7.49. The van der Waals surface area contributed by atoms with Crippen LogP contribution in [-0.2, 0) is 16.1 Å². The van der Waals surface area contributed by atoms with Gasteiger partial charge < -0.3 is 20.5 Å². The number of amides is 1. The van der Waals surface area contributed by atoms with Gasteiger partial charge in [-0.25, -0.2) is 4.79 Å². The van der Waals surface area contributed by atoms with Crippen molar-refractivity contribution in [3.05, 3.63) is 58.6 Å². The molecule has 0 fully saturated rings. The Labute approximate surface area is 144 Å². The lowest BCUT2D eigenvalue weighted by atomic mass is 10.2. The van der Waals surface area contributed by atoms with Gasteiger partial charge >= 0.3 is 5.97 Å². The molecular formula is C17H17ClN2O4. The van der Waals surface area contributed by atoms with Crippen LogP contribution in [0.5, 0.6) is 5.75 Å². The van der Waals surface area contributed by atoms with Crippen molar-refractivity contribution in [2.45, 2.75) is 6.54 Å². The highest BCUT2D eigenvalue weighted by molar-refractivity contribution is 6.31. The zero-order valence-electron chi connectivity index (χ0n) is 13.0. The third-order valence-electron chi connectivity index (χ3n) is 3.19. The molecule has 0 spiro atoms. The molecule has 2 aromatic rings. The molecular weight excluding hydrogens is 332 g/mol. The van der Waals surface area contributed by atoms with Gasteiger partial charge in [0.15, 0.2) is 6.61 Å². The van der Waals surface area contributed by atoms with Crippen LogP contribution in [0, 0.1) is 0 Å². The molecule has 0 radical (unpaired) electrons. The van der Waals surface area contributed by atoms with Crippen LogP contribution in [0.2, 0.25) is 5.02 Å². The summed E-state index contributed by atoms with van der Waals surface area (Å²) >= 11 is 5.77. The largest absolute Gasteiger partial charge is 0.497 e. The minimum absolute atomic E-state index is 0.167. The van der Waals surface area contributed by atoms with Crippen LogP contribution < -0.4 is 15.8 Å². The lowest BCUT2D eigenvalue weighted by Crippen LogP contribution is -2.28. The summed E-state index contributed by atoms with van der Waals surface area (Å²) in [7, 11) is 1.57. The number of nitrogens with one attached hydrogen (secondary N) is 1. The molecule has 0 aliphatic heterocycles. The van der Waals surface area contributed by atoms with Gasteiger partial charge in [0.2, 0.25) is 0 Å². The van der Waals surface area contributed by atoms with Crippen molar-refractivity contribution in [3.63, 3.8) is 0 Å². The first-order chi connectivity index (χ1) is 11.5. The number of halogens is 1. The number of hydrogen-bond donors (Lipinski definition) is 2. The third kappa shape index (κ3) is 4.89. The molecule has 0 atom stereocenters. The highest BCUT2D eigenvalue weighted by Crippen LogP contribution is 2.18. The van der Waals surface area contributed by atoms with Crippen molar-refractivity contribution < 1.29 is 19.1 Å². The molecule has 0 unspecified atom stereocenters. The summed E-state index contributed by atoms with van der Waals surface area (Å²) in [6.07, 6.45) is 0. The summed E-state index contributed by atoms with van der Waals surface area (Å²) in [6, 6.07) is 11.7. The van der Waals surface area contributed by atoms with Crippen LogP contribution in [0.15, 0.2) is 42.5 Å². The van der Waals surface area contributed by atoms with Crippen molar-refractivity contribution >= 4 is 29.2 Å². The summed E-state index contributed by atoms with van der Waals surface area (Å²) in [6.45, 7) is -0.0957. The third-order valence-corrected chi connectivity index (χ3v) is 3.43. The Morgan fingerprint density at radius 3 is 2.71 bits per heavy atom. The fraction of sp³-hybridized carbons (Fsp3) is 0.176. The normalized spacial score (nSPS) is 10.1. The van der Waals surface area contributed by atoms with E-state index in [-0.39, 0.29) is 11.3 Å². The predicted molar refractivity (Wildman–Crippen MR) is 91.0 cm³/mol. The van der Waals surface area contributed by atoms with E-state index in [0.29, 0.717) is 17.3 Å². The van der Waals surface area contributed by atoms with Gasteiger partial charge in [-0.15, -0.1) is 0 Å². The Morgan fingerprint density at radius 2 is 2.00 bits per heavy atom. The first kappa shape index (κ1) is 17.6. The minimum Gasteiger partial charge on any atom is -0.497 e. The number of anilines is 1. The fourth-order valence-corrected chi connectivity index (χ4v) is 2.14. The Hall–Kier alpha value is -2.73. The molecule has 2 rings (SSSR count). The summed E-state index contributed by atoms with van der Waals surface area (Å²) in [5.41, 5.74) is 6.93. The number of nitrogen functional groups attached to an aromatic ring is 1. The predicted octanol–water partition coefficient (Wildman–Crippen LogP) is 2.40. The van der Waals surface area contributed by atoms with Crippen molar-refractivity contribution in [1.82, 2.24) is 5.32 Å². The van der Waals surface area contributed by atoms with Crippen molar-refractivity contribution in [2.75, 3.05) is 19.5 Å². The maximum absolute atomic E-state index is 11.9. The average molecular weight is 349 g/mol. The Bertz CT molecular complexity index is 749. The Morgan fingerprint density at radius 1 is 1.21 bits per heavy atom. The Kier molecular flexibility index (Phi) is 6.03. The van der Waals surface area contributed by atoms with Crippen molar-refractivity contribution in [1.29, 1.82) is 0 Å². The van der Waals surface area contributed by atoms with Gasteiger partial charge in [-0.3, -0.25) is 4.79 Å². The first-order valence-electron chi connectivity index (χ1n) is 7.11. The molecule has 2 aromatic carbocycles. The van der Waals surface area contributed by atoms with E-state index in [1.54, 1.807) is 13.2 Å². The van der Waals surface area contributed by atoms with Crippen molar-refractivity contribution in [2.24, 2.45) is 0 Å². The van der Waals surface area contributed by atoms with Gasteiger partial charge in [-0.1, -0.05) is 23.7 Å². The molecule has 0 aromatic heterocycles. The number of ether oxygens (including phenoxy) is 2. The van der Waals surface area contributed by atoms with E-state index in [1.165, 1.54) is 18.2 Å². The topological polar surface area (TPSA) is 90.6 Å². The number of carbonyl (C=O) groups is 2.